The lowest BCUT2D eigenvalue weighted by atomic mass is 9.90. The molecule has 0 radical (unpaired) electrons. The maximum Gasteiger partial charge on any atom is 0.292 e. The summed E-state index contributed by atoms with van der Waals surface area (Å²) in [5.41, 5.74) is 8.83. The van der Waals surface area contributed by atoms with Gasteiger partial charge in [0, 0.05) is 68.7 Å². The Morgan fingerprint density at radius 2 is 1.57 bits per heavy atom. The van der Waals surface area contributed by atoms with E-state index in [4.69, 9.17) is 5.73 Å². The van der Waals surface area contributed by atoms with Crippen molar-refractivity contribution >= 4 is 28.6 Å². The number of nitro benzene ring substituents is 1. The van der Waals surface area contributed by atoms with Crippen molar-refractivity contribution in [2.75, 3.05) is 62.2 Å². The largest absolute Gasteiger partial charge is 0.394 e. The molecule has 0 atom stereocenters. The summed E-state index contributed by atoms with van der Waals surface area (Å²) < 4.78 is 0. The lowest BCUT2D eigenvalue weighted by Gasteiger charge is -2.36. The first-order chi connectivity index (χ1) is 17.9. The molecule has 3 aliphatic rings. The quantitative estimate of drug-likeness (QED) is 0.317. The second kappa shape index (κ2) is 10.6. The average Bonchev–Trinajstić information content (AvgIpc) is 3.46. The van der Waals surface area contributed by atoms with Crippen LogP contribution in [0.2, 0.25) is 0 Å². The standard InChI is InChI=1S/C27H32N6O4/c28-24-25(27(35)21-7-2-1-6-20(21)26(24)34)29-10-5-11-30-14-16-31(17-15-30)19-8-9-22(33(36)37)23(18-19)32-12-3-4-13-32/h1-2,6-9,18,29H,3-5,10-17,28H2. The van der Waals surface area contributed by atoms with Gasteiger partial charge in [-0.2, -0.15) is 0 Å². The van der Waals surface area contributed by atoms with Crippen LogP contribution in [0, 0.1) is 10.1 Å². The van der Waals surface area contributed by atoms with E-state index < -0.39 is 0 Å². The van der Waals surface area contributed by atoms with Crippen LogP contribution >= 0.6 is 0 Å². The minimum Gasteiger partial charge on any atom is -0.394 e. The molecule has 2 saturated heterocycles. The number of carbonyl (C=O) groups excluding carboxylic acids is 2. The van der Waals surface area contributed by atoms with Crippen LogP contribution in [0.15, 0.2) is 53.9 Å². The summed E-state index contributed by atoms with van der Waals surface area (Å²) in [6.45, 7) is 6.56. The Kier molecular flexibility index (Phi) is 7.09. The number of nitrogens with zero attached hydrogens (tertiary/aromatic N) is 4. The van der Waals surface area contributed by atoms with E-state index in [2.05, 4.69) is 20.0 Å². The van der Waals surface area contributed by atoms with Gasteiger partial charge in [0.2, 0.25) is 11.6 Å². The SMILES string of the molecule is NC1=C(NCCCN2CCN(c3ccc([N+](=O)[O-])c(N4CCCC4)c3)CC2)C(=O)c2ccccc2C1=O. The van der Waals surface area contributed by atoms with E-state index in [1.807, 2.05) is 12.1 Å². The summed E-state index contributed by atoms with van der Waals surface area (Å²) in [5, 5.41) is 14.7. The molecular weight excluding hydrogens is 472 g/mol. The van der Waals surface area contributed by atoms with Gasteiger partial charge < -0.3 is 20.9 Å². The van der Waals surface area contributed by atoms with Gasteiger partial charge in [-0.25, -0.2) is 0 Å². The molecule has 0 amide bonds. The molecule has 10 nitrogen and oxygen atoms in total. The van der Waals surface area contributed by atoms with Gasteiger partial charge in [0.15, 0.2) is 0 Å². The molecule has 0 spiro atoms. The zero-order chi connectivity index (χ0) is 25.9. The van der Waals surface area contributed by atoms with Crippen LogP contribution in [0.3, 0.4) is 0 Å². The number of allylic oxidation sites excluding steroid dienone is 2. The fraction of sp³-hybridized carbons (Fsp3) is 0.407. The number of hydrogen-bond donors (Lipinski definition) is 2. The molecule has 0 unspecified atom stereocenters. The van der Waals surface area contributed by atoms with Gasteiger partial charge in [0.25, 0.3) is 5.69 Å². The molecule has 0 bridgehead atoms. The maximum absolute atomic E-state index is 12.8. The van der Waals surface area contributed by atoms with Crippen molar-refractivity contribution in [1.82, 2.24) is 10.2 Å². The summed E-state index contributed by atoms with van der Waals surface area (Å²) >= 11 is 0. The first-order valence-corrected chi connectivity index (χ1v) is 12.9. The Balaban J connectivity index is 1.12. The number of hydrogen-bond acceptors (Lipinski definition) is 9. The molecule has 2 heterocycles. The summed E-state index contributed by atoms with van der Waals surface area (Å²) in [5.74, 6) is -0.550. The van der Waals surface area contributed by atoms with E-state index in [1.54, 1.807) is 30.3 Å². The first kappa shape index (κ1) is 24.8. The summed E-state index contributed by atoms with van der Waals surface area (Å²) in [6.07, 6.45) is 2.93. The summed E-state index contributed by atoms with van der Waals surface area (Å²) in [6, 6.07) is 12.2. The van der Waals surface area contributed by atoms with Gasteiger partial charge in [-0.15, -0.1) is 0 Å². The molecule has 194 valence electrons. The van der Waals surface area contributed by atoms with Crippen molar-refractivity contribution in [2.24, 2.45) is 5.73 Å². The predicted molar refractivity (Wildman–Crippen MR) is 142 cm³/mol. The van der Waals surface area contributed by atoms with Crippen molar-refractivity contribution in [3.05, 3.63) is 75.1 Å². The van der Waals surface area contributed by atoms with Crippen LogP contribution < -0.4 is 20.9 Å². The van der Waals surface area contributed by atoms with Crippen molar-refractivity contribution in [1.29, 1.82) is 0 Å². The third kappa shape index (κ3) is 5.01. The number of Topliss-reactive ketones (excluding diaryl/α,β-unsaturated/α-hetero) is 2. The molecule has 3 N–H and O–H groups in total. The van der Waals surface area contributed by atoms with Crippen molar-refractivity contribution < 1.29 is 14.5 Å². The second-order valence-corrected chi connectivity index (χ2v) is 9.73. The van der Waals surface area contributed by atoms with Gasteiger partial charge in [-0.05, 0) is 37.9 Å². The molecule has 2 aromatic rings. The number of benzene rings is 2. The number of nitro groups is 1. The molecule has 5 rings (SSSR count). The van der Waals surface area contributed by atoms with E-state index in [0.29, 0.717) is 17.7 Å². The molecule has 2 aliphatic heterocycles. The first-order valence-electron chi connectivity index (χ1n) is 12.9. The fourth-order valence-corrected chi connectivity index (χ4v) is 5.39. The average molecular weight is 505 g/mol. The van der Waals surface area contributed by atoms with Crippen LogP contribution in [0.4, 0.5) is 17.1 Å². The molecule has 0 saturated carbocycles. The zero-order valence-electron chi connectivity index (χ0n) is 20.8. The number of nitrogens with one attached hydrogen (secondary N) is 1. The second-order valence-electron chi connectivity index (χ2n) is 9.73. The number of rotatable bonds is 8. The predicted octanol–water partition coefficient (Wildman–Crippen LogP) is 2.55. The van der Waals surface area contributed by atoms with Crippen LogP contribution in [-0.2, 0) is 0 Å². The third-order valence-corrected chi connectivity index (χ3v) is 7.45. The zero-order valence-corrected chi connectivity index (χ0v) is 20.8. The van der Waals surface area contributed by atoms with E-state index in [0.717, 1.165) is 76.5 Å². The van der Waals surface area contributed by atoms with Gasteiger partial charge in [-0.1, -0.05) is 24.3 Å². The molecule has 2 fully saturated rings. The minimum atomic E-state index is -0.312. The van der Waals surface area contributed by atoms with Crippen molar-refractivity contribution in [3.63, 3.8) is 0 Å². The number of ketones is 2. The highest BCUT2D eigenvalue weighted by Crippen LogP contribution is 2.35. The van der Waals surface area contributed by atoms with Crippen LogP contribution in [0.5, 0.6) is 0 Å². The van der Waals surface area contributed by atoms with Crippen molar-refractivity contribution in [2.45, 2.75) is 19.3 Å². The number of nitrogens with two attached hydrogens (primary N) is 1. The Bertz CT molecular complexity index is 1250. The lowest BCUT2D eigenvalue weighted by Crippen LogP contribution is -2.47. The van der Waals surface area contributed by atoms with Crippen LogP contribution in [0.1, 0.15) is 40.0 Å². The fourth-order valence-electron chi connectivity index (χ4n) is 5.39. The normalized spacial score (nSPS) is 18.4. The Morgan fingerprint density at radius 1 is 0.892 bits per heavy atom. The lowest BCUT2D eigenvalue weighted by molar-refractivity contribution is -0.384. The Labute approximate surface area is 215 Å². The van der Waals surface area contributed by atoms with E-state index in [-0.39, 0.29) is 33.6 Å². The Morgan fingerprint density at radius 3 is 2.24 bits per heavy atom. The number of carbonyl (C=O) groups is 2. The molecule has 1 aliphatic carbocycles. The topological polar surface area (TPSA) is 125 Å². The number of piperazine rings is 1. The van der Waals surface area contributed by atoms with E-state index in [9.17, 15) is 19.7 Å². The molecule has 2 aromatic carbocycles. The van der Waals surface area contributed by atoms with Gasteiger partial charge in [-0.3, -0.25) is 24.6 Å². The number of anilines is 2. The van der Waals surface area contributed by atoms with Crippen LogP contribution in [0.25, 0.3) is 0 Å². The maximum atomic E-state index is 12.8. The van der Waals surface area contributed by atoms with Gasteiger partial charge >= 0.3 is 0 Å². The minimum absolute atomic E-state index is 0.0197. The third-order valence-electron chi connectivity index (χ3n) is 7.45. The smallest absolute Gasteiger partial charge is 0.292 e. The molecule has 0 aromatic heterocycles. The molecule has 37 heavy (non-hydrogen) atoms. The summed E-state index contributed by atoms with van der Waals surface area (Å²) in [7, 11) is 0. The summed E-state index contributed by atoms with van der Waals surface area (Å²) in [4.78, 5) is 43.4. The van der Waals surface area contributed by atoms with Gasteiger partial charge in [0.1, 0.15) is 17.1 Å². The molecular formula is C27H32N6O4. The highest BCUT2D eigenvalue weighted by atomic mass is 16.6. The van der Waals surface area contributed by atoms with E-state index >= 15 is 0 Å². The monoisotopic (exact) mass is 504 g/mol. The number of fused-ring (bicyclic) bond motifs is 1. The van der Waals surface area contributed by atoms with Gasteiger partial charge in [0.05, 0.1) is 4.92 Å². The Hall–Kier alpha value is -3.92. The highest BCUT2D eigenvalue weighted by Gasteiger charge is 2.30. The highest BCUT2D eigenvalue weighted by molar-refractivity contribution is 6.26. The molecule has 10 heteroatoms. The van der Waals surface area contributed by atoms with Crippen LogP contribution in [-0.4, -0.2) is 73.7 Å². The van der Waals surface area contributed by atoms with E-state index in [1.165, 1.54) is 0 Å². The van der Waals surface area contributed by atoms with Crippen molar-refractivity contribution in [3.8, 4) is 0 Å².